The van der Waals surface area contributed by atoms with E-state index in [1.807, 2.05) is 24.5 Å². The van der Waals surface area contributed by atoms with Gasteiger partial charge in [0.15, 0.2) is 5.22 Å². The highest BCUT2D eigenvalue weighted by molar-refractivity contribution is 7.11. The van der Waals surface area contributed by atoms with Gasteiger partial charge in [0, 0.05) is 27.8 Å². The van der Waals surface area contributed by atoms with Crippen LogP contribution in [0, 0.1) is 0 Å². The summed E-state index contributed by atoms with van der Waals surface area (Å²) in [5.74, 6) is 0. The maximum atomic E-state index is 6.01. The highest BCUT2D eigenvalue weighted by atomic mass is 35.5. The van der Waals surface area contributed by atoms with Gasteiger partial charge in [0.25, 0.3) is 0 Å². The number of rotatable bonds is 5. The summed E-state index contributed by atoms with van der Waals surface area (Å²) >= 11 is 7.87. The number of furan rings is 1. The second-order valence-corrected chi connectivity index (χ2v) is 5.51. The van der Waals surface area contributed by atoms with Crippen LogP contribution in [0.2, 0.25) is 5.22 Å². The third-order valence-corrected chi connectivity index (χ3v) is 4.40. The SMILES string of the molecule is CCc1ccc(CC(NC)c2ccoc2Cl)s1. The molecular formula is C13H16ClNOS. The average molecular weight is 270 g/mol. The lowest BCUT2D eigenvalue weighted by Gasteiger charge is -2.13. The zero-order valence-electron chi connectivity index (χ0n) is 10.00. The molecule has 0 fully saturated rings. The molecule has 0 aliphatic rings. The van der Waals surface area contributed by atoms with E-state index in [1.54, 1.807) is 6.26 Å². The van der Waals surface area contributed by atoms with Crippen molar-refractivity contribution in [2.45, 2.75) is 25.8 Å². The lowest BCUT2D eigenvalue weighted by Crippen LogP contribution is -2.18. The van der Waals surface area contributed by atoms with E-state index in [0.29, 0.717) is 5.22 Å². The topological polar surface area (TPSA) is 25.2 Å². The highest BCUT2D eigenvalue weighted by Gasteiger charge is 2.16. The van der Waals surface area contributed by atoms with E-state index in [2.05, 4.69) is 24.4 Å². The maximum absolute atomic E-state index is 6.01. The van der Waals surface area contributed by atoms with Crippen molar-refractivity contribution in [2.75, 3.05) is 7.05 Å². The minimum atomic E-state index is 0.213. The molecule has 4 heteroatoms. The normalized spacial score (nSPS) is 12.9. The summed E-state index contributed by atoms with van der Waals surface area (Å²) in [5, 5.41) is 3.77. The van der Waals surface area contributed by atoms with Crippen molar-refractivity contribution >= 4 is 22.9 Å². The fourth-order valence-corrected chi connectivity index (χ4v) is 3.09. The molecule has 2 aromatic rings. The zero-order chi connectivity index (χ0) is 12.3. The summed E-state index contributed by atoms with van der Waals surface area (Å²) in [7, 11) is 1.95. The van der Waals surface area contributed by atoms with E-state index in [0.717, 1.165) is 18.4 Å². The Morgan fingerprint density at radius 1 is 1.35 bits per heavy atom. The number of halogens is 1. The second kappa shape index (κ2) is 5.71. The Morgan fingerprint density at radius 3 is 2.65 bits per heavy atom. The highest BCUT2D eigenvalue weighted by Crippen LogP contribution is 2.28. The van der Waals surface area contributed by atoms with Gasteiger partial charge >= 0.3 is 0 Å². The Hall–Kier alpha value is -0.770. The summed E-state index contributed by atoms with van der Waals surface area (Å²) in [6, 6.07) is 6.54. The summed E-state index contributed by atoms with van der Waals surface area (Å²) in [4.78, 5) is 2.80. The van der Waals surface area contributed by atoms with E-state index < -0.39 is 0 Å². The Kier molecular flexibility index (Phi) is 4.26. The smallest absolute Gasteiger partial charge is 0.197 e. The molecule has 0 spiro atoms. The number of likely N-dealkylation sites (N-methyl/N-ethyl adjacent to an activating group) is 1. The van der Waals surface area contributed by atoms with Gasteiger partial charge in [-0.1, -0.05) is 6.92 Å². The number of hydrogen-bond acceptors (Lipinski definition) is 3. The molecule has 0 saturated heterocycles. The summed E-state index contributed by atoms with van der Waals surface area (Å²) in [6.07, 6.45) is 3.68. The quantitative estimate of drug-likeness (QED) is 0.886. The largest absolute Gasteiger partial charge is 0.453 e. The monoisotopic (exact) mass is 269 g/mol. The molecule has 2 heterocycles. The van der Waals surface area contributed by atoms with E-state index >= 15 is 0 Å². The predicted octanol–water partition coefficient (Wildman–Crippen LogP) is 4.06. The number of hydrogen-bond donors (Lipinski definition) is 1. The molecular weight excluding hydrogens is 254 g/mol. The molecule has 0 aliphatic carbocycles. The molecule has 1 N–H and O–H groups in total. The van der Waals surface area contributed by atoms with Crippen molar-refractivity contribution in [3.8, 4) is 0 Å². The van der Waals surface area contributed by atoms with E-state index in [9.17, 15) is 0 Å². The van der Waals surface area contributed by atoms with Crippen molar-refractivity contribution in [3.05, 3.63) is 45.0 Å². The van der Waals surface area contributed by atoms with Crippen molar-refractivity contribution in [1.82, 2.24) is 5.32 Å². The van der Waals surface area contributed by atoms with E-state index in [1.165, 1.54) is 9.75 Å². The van der Waals surface area contributed by atoms with Crippen LogP contribution in [0.5, 0.6) is 0 Å². The lowest BCUT2D eigenvalue weighted by molar-refractivity contribution is 0.545. The number of aryl methyl sites for hydroxylation is 1. The van der Waals surface area contributed by atoms with Crippen LogP contribution in [-0.2, 0) is 12.8 Å². The molecule has 0 bridgehead atoms. The first-order valence-corrected chi connectivity index (χ1v) is 6.91. The van der Waals surface area contributed by atoms with Gasteiger partial charge in [0.2, 0.25) is 0 Å². The van der Waals surface area contributed by atoms with Crippen molar-refractivity contribution in [2.24, 2.45) is 0 Å². The van der Waals surface area contributed by atoms with Crippen LogP contribution in [0.25, 0.3) is 0 Å². The van der Waals surface area contributed by atoms with Crippen LogP contribution in [0.4, 0.5) is 0 Å². The first-order valence-electron chi connectivity index (χ1n) is 5.72. The van der Waals surface area contributed by atoms with Gasteiger partial charge in [-0.05, 0) is 43.3 Å². The first kappa shape index (κ1) is 12.7. The molecule has 0 aliphatic heterocycles. The molecule has 92 valence electrons. The van der Waals surface area contributed by atoms with Crippen LogP contribution < -0.4 is 5.32 Å². The molecule has 1 atom stereocenters. The third kappa shape index (κ3) is 2.92. The molecule has 2 rings (SSSR count). The lowest BCUT2D eigenvalue weighted by atomic mass is 10.1. The van der Waals surface area contributed by atoms with Crippen molar-refractivity contribution in [3.63, 3.8) is 0 Å². The van der Waals surface area contributed by atoms with Gasteiger partial charge in [0.05, 0.1) is 6.26 Å². The van der Waals surface area contributed by atoms with Crippen molar-refractivity contribution < 1.29 is 4.42 Å². The summed E-state index contributed by atoms with van der Waals surface area (Å²) < 4.78 is 5.14. The Balaban J connectivity index is 2.12. The summed E-state index contributed by atoms with van der Waals surface area (Å²) in [5.41, 5.74) is 1.03. The van der Waals surface area contributed by atoms with E-state index in [4.69, 9.17) is 16.0 Å². The zero-order valence-corrected chi connectivity index (χ0v) is 11.6. The number of nitrogens with one attached hydrogen (secondary N) is 1. The fourth-order valence-electron chi connectivity index (χ4n) is 1.84. The van der Waals surface area contributed by atoms with Gasteiger partial charge < -0.3 is 9.73 Å². The fraction of sp³-hybridized carbons (Fsp3) is 0.385. The minimum absolute atomic E-state index is 0.213. The minimum Gasteiger partial charge on any atom is -0.453 e. The molecule has 0 radical (unpaired) electrons. The van der Waals surface area contributed by atoms with Gasteiger partial charge in [0.1, 0.15) is 0 Å². The van der Waals surface area contributed by atoms with Crippen molar-refractivity contribution in [1.29, 1.82) is 0 Å². The molecule has 17 heavy (non-hydrogen) atoms. The summed E-state index contributed by atoms with van der Waals surface area (Å²) in [6.45, 7) is 2.18. The number of thiophene rings is 1. The van der Waals surface area contributed by atoms with Crippen LogP contribution in [0.1, 0.15) is 28.3 Å². The Bertz CT molecular complexity index is 477. The maximum Gasteiger partial charge on any atom is 0.197 e. The van der Waals surface area contributed by atoms with Gasteiger partial charge in [-0.2, -0.15) is 0 Å². The molecule has 0 aromatic carbocycles. The van der Waals surface area contributed by atoms with Gasteiger partial charge in [-0.15, -0.1) is 11.3 Å². The second-order valence-electron chi connectivity index (χ2n) is 3.92. The molecule has 0 saturated carbocycles. The van der Waals surface area contributed by atoms with Crippen LogP contribution >= 0.6 is 22.9 Å². The predicted molar refractivity (Wildman–Crippen MR) is 72.9 cm³/mol. The Morgan fingerprint density at radius 2 is 2.12 bits per heavy atom. The van der Waals surface area contributed by atoms with Crippen LogP contribution in [0.15, 0.2) is 28.9 Å². The third-order valence-electron chi connectivity index (χ3n) is 2.84. The van der Waals surface area contributed by atoms with Gasteiger partial charge in [-0.3, -0.25) is 0 Å². The first-order chi connectivity index (χ1) is 8.24. The average Bonchev–Trinajstić information content (AvgIpc) is 2.95. The van der Waals surface area contributed by atoms with Gasteiger partial charge in [-0.25, -0.2) is 0 Å². The Labute approximate surface area is 111 Å². The molecule has 1 unspecified atom stereocenters. The van der Waals surface area contributed by atoms with E-state index in [-0.39, 0.29) is 6.04 Å². The molecule has 2 aromatic heterocycles. The van der Waals surface area contributed by atoms with Crippen LogP contribution in [-0.4, -0.2) is 7.05 Å². The molecule has 0 amide bonds. The standard InChI is InChI=1S/C13H16ClNOS/c1-3-9-4-5-10(17-9)8-12(15-2)11-6-7-16-13(11)14/h4-7,12,15H,3,8H2,1-2H3. The molecule has 2 nitrogen and oxygen atoms in total. The van der Waals surface area contributed by atoms with Crippen LogP contribution in [0.3, 0.4) is 0 Å².